The van der Waals surface area contributed by atoms with Crippen molar-refractivity contribution >= 4 is 55.7 Å². The molecular formula is C11H8BrClN2O2S. The number of rotatable bonds is 3. The van der Waals surface area contributed by atoms with E-state index in [0.717, 1.165) is 21.7 Å². The van der Waals surface area contributed by atoms with Gasteiger partial charge in [0.15, 0.2) is 0 Å². The Bertz CT molecular complexity index is 615. The molecular weight excluding hydrogens is 340 g/mol. The minimum atomic E-state index is -0.989. The lowest BCUT2D eigenvalue weighted by Gasteiger charge is -2.06. The molecule has 0 aliphatic carbocycles. The van der Waals surface area contributed by atoms with Gasteiger partial charge in [0.05, 0.1) is 10.7 Å². The number of anilines is 2. The van der Waals surface area contributed by atoms with Crippen LogP contribution in [0.5, 0.6) is 0 Å². The van der Waals surface area contributed by atoms with E-state index in [1.165, 1.54) is 0 Å². The zero-order valence-electron chi connectivity index (χ0n) is 9.20. The van der Waals surface area contributed by atoms with Crippen LogP contribution in [0.25, 0.3) is 0 Å². The Labute approximate surface area is 121 Å². The molecule has 4 nitrogen and oxygen atoms in total. The van der Waals surface area contributed by atoms with Crippen molar-refractivity contribution in [2.24, 2.45) is 0 Å². The first-order chi connectivity index (χ1) is 8.49. The van der Waals surface area contributed by atoms with Gasteiger partial charge in [-0.15, -0.1) is 0 Å². The molecule has 2 rings (SSSR count). The lowest BCUT2D eigenvalue weighted by atomic mass is 10.2. The van der Waals surface area contributed by atoms with Crippen molar-refractivity contribution in [3.63, 3.8) is 0 Å². The van der Waals surface area contributed by atoms with Gasteiger partial charge in [-0.3, -0.25) is 0 Å². The average molecular weight is 348 g/mol. The summed E-state index contributed by atoms with van der Waals surface area (Å²) in [4.78, 5) is 11.1. The second-order valence-electron chi connectivity index (χ2n) is 3.53. The van der Waals surface area contributed by atoms with Gasteiger partial charge in [-0.05, 0) is 52.6 Å². The highest BCUT2D eigenvalue weighted by molar-refractivity contribution is 9.10. The minimum absolute atomic E-state index is 0.200. The van der Waals surface area contributed by atoms with E-state index in [1.54, 1.807) is 25.1 Å². The van der Waals surface area contributed by atoms with Gasteiger partial charge in [-0.1, -0.05) is 11.6 Å². The van der Waals surface area contributed by atoms with Gasteiger partial charge in [-0.25, -0.2) is 4.79 Å². The number of benzene rings is 1. The van der Waals surface area contributed by atoms with E-state index in [0.29, 0.717) is 15.7 Å². The van der Waals surface area contributed by atoms with Crippen LogP contribution in [0.3, 0.4) is 0 Å². The van der Waals surface area contributed by atoms with E-state index in [9.17, 15) is 4.79 Å². The molecule has 0 saturated carbocycles. The molecule has 0 aliphatic rings. The number of nitrogens with one attached hydrogen (secondary N) is 1. The van der Waals surface area contributed by atoms with Gasteiger partial charge in [0, 0.05) is 10.2 Å². The smallest absolute Gasteiger partial charge is 0.340 e. The van der Waals surface area contributed by atoms with Crippen molar-refractivity contribution in [1.29, 1.82) is 0 Å². The normalized spacial score (nSPS) is 10.4. The van der Waals surface area contributed by atoms with E-state index in [-0.39, 0.29) is 5.56 Å². The van der Waals surface area contributed by atoms with Crippen LogP contribution in [-0.2, 0) is 0 Å². The Balaban J connectivity index is 2.34. The summed E-state index contributed by atoms with van der Waals surface area (Å²) >= 11 is 10.3. The van der Waals surface area contributed by atoms with Gasteiger partial charge in [-0.2, -0.15) is 4.37 Å². The molecule has 18 heavy (non-hydrogen) atoms. The first-order valence-electron chi connectivity index (χ1n) is 4.90. The van der Waals surface area contributed by atoms with E-state index >= 15 is 0 Å². The fraction of sp³-hybridized carbons (Fsp3) is 0.0909. The van der Waals surface area contributed by atoms with E-state index in [2.05, 4.69) is 25.6 Å². The molecule has 2 N–H and O–H groups in total. The fourth-order valence-corrected chi connectivity index (χ4v) is 2.72. The van der Waals surface area contributed by atoms with Crippen molar-refractivity contribution in [2.45, 2.75) is 6.92 Å². The fourth-order valence-electron chi connectivity index (χ4n) is 1.41. The van der Waals surface area contributed by atoms with E-state index in [1.807, 2.05) is 0 Å². The van der Waals surface area contributed by atoms with Crippen LogP contribution in [0.4, 0.5) is 10.7 Å². The molecule has 94 valence electrons. The molecule has 0 saturated heterocycles. The van der Waals surface area contributed by atoms with Crippen LogP contribution in [-0.4, -0.2) is 15.4 Å². The summed E-state index contributed by atoms with van der Waals surface area (Å²) in [5, 5.41) is 13.2. The van der Waals surface area contributed by atoms with Crippen molar-refractivity contribution in [3.05, 3.63) is 39.0 Å². The number of carboxylic acids is 1. The summed E-state index contributed by atoms with van der Waals surface area (Å²) in [6.07, 6.45) is 0. The lowest BCUT2D eigenvalue weighted by Crippen LogP contribution is -2.01. The molecule has 0 radical (unpaired) electrons. The first-order valence-corrected chi connectivity index (χ1v) is 6.85. The summed E-state index contributed by atoms with van der Waals surface area (Å²) in [7, 11) is 0. The van der Waals surface area contributed by atoms with Crippen LogP contribution >= 0.6 is 39.1 Å². The van der Waals surface area contributed by atoms with Gasteiger partial charge in [0.1, 0.15) is 10.6 Å². The summed E-state index contributed by atoms with van der Waals surface area (Å²) in [5.41, 5.74) is 1.45. The van der Waals surface area contributed by atoms with Gasteiger partial charge in [0.25, 0.3) is 0 Å². The second kappa shape index (κ2) is 5.26. The molecule has 0 amide bonds. The summed E-state index contributed by atoms with van der Waals surface area (Å²) in [6.45, 7) is 1.67. The number of nitrogens with zero attached hydrogens (tertiary/aromatic N) is 1. The highest BCUT2D eigenvalue weighted by atomic mass is 79.9. The number of carboxylic acid groups (broad SMARTS) is 1. The Morgan fingerprint density at radius 3 is 2.89 bits per heavy atom. The van der Waals surface area contributed by atoms with Gasteiger partial charge in [0.2, 0.25) is 0 Å². The van der Waals surface area contributed by atoms with Crippen molar-refractivity contribution < 1.29 is 9.90 Å². The topological polar surface area (TPSA) is 62.2 Å². The molecule has 1 heterocycles. The number of hydrogen-bond donors (Lipinski definition) is 2. The number of hydrogen-bond acceptors (Lipinski definition) is 4. The monoisotopic (exact) mass is 346 g/mol. The average Bonchev–Trinajstić information content (AvgIpc) is 2.65. The molecule has 0 spiro atoms. The molecule has 0 aliphatic heterocycles. The number of aromatic nitrogens is 1. The van der Waals surface area contributed by atoms with Crippen LogP contribution < -0.4 is 5.32 Å². The zero-order chi connectivity index (χ0) is 13.3. The number of aryl methyl sites for hydroxylation is 1. The quantitative estimate of drug-likeness (QED) is 0.868. The highest BCUT2D eigenvalue weighted by Gasteiger charge is 2.17. The maximum absolute atomic E-state index is 11.1. The Morgan fingerprint density at radius 2 is 2.28 bits per heavy atom. The van der Waals surface area contributed by atoms with Crippen molar-refractivity contribution in [1.82, 2.24) is 4.37 Å². The molecule has 0 bridgehead atoms. The molecule has 1 aromatic heterocycles. The SMILES string of the molecule is Cc1nsc(Nc2ccc(Cl)c(Br)c2)c1C(=O)O. The molecule has 0 unspecified atom stereocenters. The van der Waals surface area contributed by atoms with E-state index in [4.69, 9.17) is 16.7 Å². The summed E-state index contributed by atoms with van der Waals surface area (Å²) in [5.74, 6) is -0.989. The second-order valence-corrected chi connectivity index (χ2v) is 5.57. The van der Waals surface area contributed by atoms with Crippen LogP contribution in [0.15, 0.2) is 22.7 Å². The molecule has 0 atom stereocenters. The number of halogens is 2. The predicted molar refractivity (Wildman–Crippen MR) is 76.2 cm³/mol. The number of carbonyl (C=O) groups is 1. The first kappa shape index (κ1) is 13.3. The Hall–Kier alpha value is -1.11. The van der Waals surface area contributed by atoms with Crippen molar-refractivity contribution in [2.75, 3.05) is 5.32 Å². The maximum Gasteiger partial charge on any atom is 0.340 e. The molecule has 1 aromatic carbocycles. The third-order valence-corrected chi connectivity index (χ3v) is 4.32. The summed E-state index contributed by atoms with van der Waals surface area (Å²) < 4.78 is 4.78. The van der Waals surface area contributed by atoms with Crippen molar-refractivity contribution in [3.8, 4) is 0 Å². The molecule has 7 heteroatoms. The lowest BCUT2D eigenvalue weighted by molar-refractivity contribution is 0.0697. The summed E-state index contributed by atoms with van der Waals surface area (Å²) in [6, 6.07) is 5.28. The minimum Gasteiger partial charge on any atom is -0.478 e. The van der Waals surface area contributed by atoms with Gasteiger partial charge < -0.3 is 10.4 Å². The third-order valence-electron chi connectivity index (χ3n) is 2.25. The standard InChI is InChI=1S/C11H8BrClN2O2S/c1-5-9(11(16)17)10(18-15-5)14-6-2-3-8(13)7(12)4-6/h2-4,14H,1H3,(H,16,17). The molecule has 2 aromatic rings. The van der Waals surface area contributed by atoms with Crippen LogP contribution in [0.2, 0.25) is 5.02 Å². The zero-order valence-corrected chi connectivity index (χ0v) is 12.4. The molecule has 0 fully saturated rings. The largest absolute Gasteiger partial charge is 0.478 e. The highest BCUT2D eigenvalue weighted by Crippen LogP contribution is 2.31. The third kappa shape index (κ3) is 2.66. The Morgan fingerprint density at radius 1 is 1.56 bits per heavy atom. The van der Waals surface area contributed by atoms with E-state index < -0.39 is 5.97 Å². The number of aromatic carboxylic acids is 1. The maximum atomic E-state index is 11.1. The van der Waals surface area contributed by atoms with Gasteiger partial charge >= 0.3 is 5.97 Å². The predicted octanol–water partition coefficient (Wildman–Crippen LogP) is 4.31. The van der Waals surface area contributed by atoms with Crippen LogP contribution in [0.1, 0.15) is 16.1 Å². The van der Waals surface area contributed by atoms with Crippen LogP contribution in [0, 0.1) is 6.92 Å². The Kier molecular flexibility index (Phi) is 3.89.